The Bertz CT molecular complexity index is 789. The molecule has 2 aromatic rings. The van der Waals surface area contributed by atoms with Crippen LogP contribution < -0.4 is 5.32 Å². The topological polar surface area (TPSA) is 59.8 Å². The Balaban J connectivity index is 1.94. The molecule has 1 aromatic heterocycles. The van der Waals surface area contributed by atoms with Gasteiger partial charge < -0.3 is 5.32 Å². The van der Waals surface area contributed by atoms with Gasteiger partial charge in [-0.05, 0) is 30.4 Å². The summed E-state index contributed by atoms with van der Waals surface area (Å²) in [7, 11) is 0. The number of anilines is 1. The summed E-state index contributed by atoms with van der Waals surface area (Å²) in [5.41, 5.74) is 4.14. The number of fused-ring (bicyclic) bond motifs is 1. The first-order valence-electron chi connectivity index (χ1n) is 7.63. The van der Waals surface area contributed by atoms with Gasteiger partial charge in [0.15, 0.2) is 5.78 Å². The molecule has 1 N–H and O–H groups in total. The third-order valence-corrected chi connectivity index (χ3v) is 4.55. The SMILES string of the molecule is Cc1ccccc1[C@H]1C2=C(C[C@H](C)CC2=O)Nc2ncnn21. The van der Waals surface area contributed by atoms with Crippen LogP contribution in [0.3, 0.4) is 0 Å². The van der Waals surface area contributed by atoms with Crippen LogP contribution in [0.2, 0.25) is 0 Å². The lowest BCUT2D eigenvalue weighted by Crippen LogP contribution is -2.33. The summed E-state index contributed by atoms with van der Waals surface area (Å²) in [6.07, 6.45) is 3.03. The van der Waals surface area contributed by atoms with Crippen LogP contribution in [0.25, 0.3) is 0 Å². The van der Waals surface area contributed by atoms with Gasteiger partial charge in [-0.1, -0.05) is 31.2 Å². The smallest absolute Gasteiger partial charge is 0.226 e. The molecule has 2 aliphatic rings. The highest BCUT2D eigenvalue weighted by molar-refractivity contribution is 5.99. The molecule has 0 saturated heterocycles. The van der Waals surface area contributed by atoms with Crippen molar-refractivity contribution in [3.05, 3.63) is 53.0 Å². The number of aromatic nitrogens is 3. The highest BCUT2D eigenvalue weighted by Crippen LogP contribution is 2.41. The van der Waals surface area contributed by atoms with Crippen LogP contribution in [0.5, 0.6) is 0 Å². The number of hydrogen-bond donors (Lipinski definition) is 1. The summed E-state index contributed by atoms with van der Waals surface area (Å²) in [4.78, 5) is 17.0. The maximum atomic E-state index is 12.7. The fourth-order valence-electron chi connectivity index (χ4n) is 3.53. The van der Waals surface area contributed by atoms with E-state index in [9.17, 15) is 4.79 Å². The van der Waals surface area contributed by atoms with Gasteiger partial charge in [0.1, 0.15) is 12.4 Å². The number of ketones is 1. The van der Waals surface area contributed by atoms with Gasteiger partial charge in [0.05, 0.1) is 0 Å². The third-order valence-electron chi connectivity index (χ3n) is 4.55. The molecule has 0 bridgehead atoms. The maximum Gasteiger partial charge on any atom is 0.226 e. The second-order valence-electron chi connectivity index (χ2n) is 6.24. The molecule has 0 fully saturated rings. The fraction of sp³-hybridized carbons (Fsp3) is 0.353. The van der Waals surface area contributed by atoms with E-state index in [1.807, 2.05) is 16.8 Å². The first-order chi connectivity index (χ1) is 10.6. The number of nitrogens with zero attached hydrogens (tertiary/aromatic N) is 3. The molecule has 5 nitrogen and oxygen atoms in total. The number of nitrogens with one attached hydrogen (secondary N) is 1. The average molecular weight is 294 g/mol. The van der Waals surface area contributed by atoms with Crippen molar-refractivity contribution in [3.63, 3.8) is 0 Å². The van der Waals surface area contributed by atoms with Crippen molar-refractivity contribution >= 4 is 11.7 Å². The number of carbonyl (C=O) groups excluding carboxylic acids is 1. The van der Waals surface area contributed by atoms with E-state index in [4.69, 9.17) is 0 Å². The van der Waals surface area contributed by atoms with E-state index in [2.05, 4.69) is 41.4 Å². The molecule has 5 heteroatoms. The van der Waals surface area contributed by atoms with E-state index in [-0.39, 0.29) is 11.8 Å². The molecule has 1 aromatic carbocycles. The van der Waals surface area contributed by atoms with Gasteiger partial charge in [0.2, 0.25) is 5.95 Å². The molecular formula is C17H18N4O. The number of hydrogen-bond acceptors (Lipinski definition) is 4. The fourth-order valence-corrected chi connectivity index (χ4v) is 3.53. The van der Waals surface area contributed by atoms with Gasteiger partial charge in [0.25, 0.3) is 0 Å². The number of allylic oxidation sites excluding steroid dienone is 2. The Hall–Kier alpha value is -2.43. The molecule has 1 aliphatic carbocycles. The van der Waals surface area contributed by atoms with E-state index in [0.29, 0.717) is 18.3 Å². The van der Waals surface area contributed by atoms with Crippen LogP contribution in [-0.4, -0.2) is 20.5 Å². The second kappa shape index (κ2) is 4.80. The average Bonchev–Trinajstić information content (AvgIpc) is 2.93. The lowest BCUT2D eigenvalue weighted by atomic mass is 9.80. The lowest BCUT2D eigenvalue weighted by Gasteiger charge is -2.34. The molecule has 2 atom stereocenters. The molecule has 2 heterocycles. The van der Waals surface area contributed by atoms with E-state index in [1.165, 1.54) is 0 Å². The predicted molar refractivity (Wildman–Crippen MR) is 83.4 cm³/mol. The monoisotopic (exact) mass is 294 g/mol. The number of Topliss-reactive ketones (excluding diaryl/α,β-unsaturated/α-hetero) is 1. The minimum absolute atomic E-state index is 0.171. The Morgan fingerprint density at radius 1 is 1.27 bits per heavy atom. The minimum atomic E-state index is -0.171. The van der Waals surface area contributed by atoms with E-state index in [1.54, 1.807) is 6.33 Å². The molecule has 1 aliphatic heterocycles. The van der Waals surface area contributed by atoms with Crippen molar-refractivity contribution in [2.45, 2.75) is 32.7 Å². The summed E-state index contributed by atoms with van der Waals surface area (Å²) in [6.45, 7) is 4.19. The second-order valence-corrected chi connectivity index (χ2v) is 6.24. The number of rotatable bonds is 1. The maximum absolute atomic E-state index is 12.7. The van der Waals surface area contributed by atoms with Crippen LogP contribution >= 0.6 is 0 Å². The Labute approximate surface area is 129 Å². The summed E-state index contributed by atoms with van der Waals surface area (Å²) in [5.74, 6) is 1.30. The minimum Gasteiger partial charge on any atom is -0.328 e. The third kappa shape index (κ3) is 1.89. The normalized spacial score (nSPS) is 23.8. The molecule has 0 saturated carbocycles. The van der Waals surface area contributed by atoms with Crippen molar-refractivity contribution in [2.75, 3.05) is 5.32 Å². The zero-order valence-corrected chi connectivity index (χ0v) is 12.7. The van der Waals surface area contributed by atoms with Crippen LogP contribution in [0, 0.1) is 12.8 Å². The zero-order valence-electron chi connectivity index (χ0n) is 12.7. The van der Waals surface area contributed by atoms with Crippen molar-refractivity contribution in [1.82, 2.24) is 14.8 Å². The molecule has 4 rings (SSSR count). The summed E-state index contributed by atoms with van der Waals surface area (Å²) >= 11 is 0. The standard InChI is InChI=1S/C17H18N4O/c1-10-7-13-15(14(22)8-10)16(12-6-4-3-5-11(12)2)21-17(20-13)18-9-19-21/h3-6,9-10,16H,7-8H2,1-2H3,(H,18,19,20)/t10-,16-/m0/s1. The molecule has 22 heavy (non-hydrogen) atoms. The predicted octanol–water partition coefficient (Wildman–Crippen LogP) is 2.85. The van der Waals surface area contributed by atoms with Crippen molar-refractivity contribution < 1.29 is 4.79 Å². The van der Waals surface area contributed by atoms with Crippen molar-refractivity contribution in [2.24, 2.45) is 5.92 Å². The lowest BCUT2D eigenvalue weighted by molar-refractivity contribution is -0.117. The summed E-state index contributed by atoms with van der Waals surface area (Å²) in [6, 6.07) is 8.01. The van der Waals surface area contributed by atoms with Gasteiger partial charge in [-0.15, -0.1) is 0 Å². The van der Waals surface area contributed by atoms with Crippen LogP contribution in [0.1, 0.15) is 36.9 Å². The molecular weight excluding hydrogens is 276 g/mol. The van der Waals surface area contributed by atoms with Crippen molar-refractivity contribution in [3.8, 4) is 0 Å². The van der Waals surface area contributed by atoms with Gasteiger partial charge in [-0.25, -0.2) is 4.68 Å². The first-order valence-corrected chi connectivity index (χ1v) is 7.63. The van der Waals surface area contributed by atoms with Gasteiger partial charge in [-0.3, -0.25) is 4.79 Å². The number of benzene rings is 1. The number of aryl methyl sites for hydroxylation is 1. The summed E-state index contributed by atoms with van der Waals surface area (Å²) in [5, 5.41) is 7.66. The zero-order chi connectivity index (χ0) is 15.3. The van der Waals surface area contributed by atoms with E-state index in [0.717, 1.165) is 28.8 Å². The van der Waals surface area contributed by atoms with E-state index >= 15 is 0 Å². The molecule has 0 radical (unpaired) electrons. The van der Waals surface area contributed by atoms with Crippen molar-refractivity contribution in [1.29, 1.82) is 0 Å². The quantitative estimate of drug-likeness (QED) is 0.878. The van der Waals surface area contributed by atoms with Crippen LogP contribution in [0.15, 0.2) is 41.9 Å². The summed E-state index contributed by atoms with van der Waals surface area (Å²) < 4.78 is 1.83. The van der Waals surface area contributed by atoms with Crippen LogP contribution in [0.4, 0.5) is 5.95 Å². The van der Waals surface area contributed by atoms with E-state index < -0.39 is 0 Å². The Morgan fingerprint density at radius 2 is 2.09 bits per heavy atom. The Kier molecular flexibility index (Phi) is 2.89. The highest BCUT2D eigenvalue weighted by Gasteiger charge is 2.38. The molecule has 0 amide bonds. The Morgan fingerprint density at radius 3 is 2.91 bits per heavy atom. The van der Waals surface area contributed by atoms with Gasteiger partial charge in [0, 0.05) is 17.7 Å². The largest absolute Gasteiger partial charge is 0.328 e. The molecule has 112 valence electrons. The molecule has 0 spiro atoms. The first kappa shape index (κ1) is 13.2. The highest BCUT2D eigenvalue weighted by atomic mass is 16.1. The molecule has 0 unspecified atom stereocenters. The van der Waals surface area contributed by atoms with Crippen LogP contribution in [-0.2, 0) is 4.79 Å². The van der Waals surface area contributed by atoms with Gasteiger partial charge in [-0.2, -0.15) is 10.1 Å². The van der Waals surface area contributed by atoms with Gasteiger partial charge >= 0.3 is 0 Å². The number of carbonyl (C=O) groups is 1.